The van der Waals surface area contributed by atoms with E-state index in [2.05, 4.69) is 19.9 Å². The van der Waals surface area contributed by atoms with Gasteiger partial charge in [0.1, 0.15) is 4.90 Å². The second kappa shape index (κ2) is 7.08. The zero-order valence-electron chi connectivity index (χ0n) is 12.4. The number of rotatable bonds is 6. The van der Waals surface area contributed by atoms with Crippen molar-refractivity contribution in [3.05, 3.63) is 59.7 Å². The van der Waals surface area contributed by atoms with Gasteiger partial charge in [0.15, 0.2) is 0 Å². The molecule has 0 amide bonds. The van der Waals surface area contributed by atoms with E-state index in [1.54, 1.807) is 36.7 Å². The molecule has 0 fully saturated rings. The van der Waals surface area contributed by atoms with Gasteiger partial charge in [-0.25, -0.2) is 13.1 Å². The maximum atomic E-state index is 12.2. The molecule has 1 N–H and O–H groups in total. The summed E-state index contributed by atoms with van der Waals surface area (Å²) in [7, 11) is -3.69. The van der Waals surface area contributed by atoms with Gasteiger partial charge in [0.25, 0.3) is 0 Å². The van der Waals surface area contributed by atoms with E-state index in [1.165, 1.54) is 12.1 Å². The van der Waals surface area contributed by atoms with Crippen molar-refractivity contribution >= 4 is 21.6 Å². The molecule has 2 heterocycles. The van der Waals surface area contributed by atoms with Crippen molar-refractivity contribution < 1.29 is 12.8 Å². The lowest BCUT2D eigenvalue weighted by atomic mass is 10.3. The third-order valence-electron chi connectivity index (χ3n) is 3.15. The first-order chi connectivity index (χ1) is 11.6. The highest BCUT2D eigenvalue weighted by atomic mass is 35.5. The summed E-state index contributed by atoms with van der Waals surface area (Å²) in [6, 6.07) is 9.74. The average molecular weight is 365 g/mol. The Morgan fingerprint density at radius 1 is 1.08 bits per heavy atom. The SMILES string of the molecule is O=S(=O)(NCCc1nnc(-c2ccncc2)o1)c1ccccc1Cl. The summed E-state index contributed by atoms with van der Waals surface area (Å²) in [4.78, 5) is 3.95. The Labute approximate surface area is 143 Å². The predicted molar refractivity (Wildman–Crippen MR) is 87.9 cm³/mol. The third kappa shape index (κ3) is 3.78. The van der Waals surface area contributed by atoms with E-state index in [1.807, 2.05) is 0 Å². The van der Waals surface area contributed by atoms with Crippen LogP contribution in [0.5, 0.6) is 0 Å². The highest BCUT2D eigenvalue weighted by Gasteiger charge is 2.17. The van der Waals surface area contributed by atoms with Gasteiger partial charge in [-0.15, -0.1) is 10.2 Å². The molecule has 0 bridgehead atoms. The van der Waals surface area contributed by atoms with E-state index in [9.17, 15) is 8.42 Å². The molecule has 9 heteroatoms. The summed E-state index contributed by atoms with van der Waals surface area (Å²) in [6.07, 6.45) is 3.51. The fraction of sp³-hybridized carbons (Fsp3) is 0.133. The Bertz CT molecular complexity index is 929. The van der Waals surface area contributed by atoms with Crippen LogP contribution in [-0.4, -0.2) is 30.1 Å². The summed E-state index contributed by atoms with van der Waals surface area (Å²) < 4.78 is 32.4. The molecule has 0 saturated carbocycles. The topological polar surface area (TPSA) is 98.0 Å². The molecule has 0 spiro atoms. The molecular formula is C15H13ClN4O3S. The van der Waals surface area contributed by atoms with Gasteiger partial charge in [-0.3, -0.25) is 4.98 Å². The summed E-state index contributed by atoms with van der Waals surface area (Å²) in [5.74, 6) is 0.699. The highest BCUT2D eigenvalue weighted by Crippen LogP contribution is 2.20. The van der Waals surface area contributed by atoms with Crippen LogP contribution in [0.15, 0.2) is 58.1 Å². The first kappa shape index (κ1) is 16.6. The van der Waals surface area contributed by atoms with Crippen LogP contribution < -0.4 is 4.72 Å². The van der Waals surface area contributed by atoms with Crippen molar-refractivity contribution in [3.63, 3.8) is 0 Å². The van der Waals surface area contributed by atoms with E-state index in [0.717, 1.165) is 5.56 Å². The molecule has 0 unspecified atom stereocenters. The molecule has 3 rings (SSSR count). The minimum absolute atomic E-state index is 0.0367. The Morgan fingerprint density at radius 2 is 1.83 bits per heavy atom. The second-order valence-electron chi connectivity index (χ2n) is 4.82. The number of nitrogens with zero attached hydrogens (tertiary/aromatic N) is 3. The summed E-state index contributed by atoms with van der Waals surface area (Å²) in [5, 5.41) is 8.00. The maximum Gasteiger partial charge on any atom is 0.247 e. The number of hydrogen-bond donors (Lipinski definition) is 1. The molecule has 0 atom stereocenters. The van der Waals surface area contributed by atoms with Gasteiger partial charge < -0.3 is 4.42 Å². The molecule has 0 saturated heterocycles. The summed E-state index contributed by atoms with van der Waals surface area (Å²) in [5.41, 5.74) is 0.750. The fourth-order valence-corrected chi connectivity index (χ4v) is 3.55. The normalized spacial score (nSPS) is 11.5. The lowest BCUT2D eigenvalue weighted by Gasteiger charge is -2.06. The zero-order chi connectivity index (χ0) is 17.0. The molecule has 7 nitrogen and oxygen atoms in total. The van der Waals surface area contributed by atoms with Crippen molar-refractivity contribution in [2.45, 2.75) is 11.3 Å². The monoisotopic (exact) mass is 364 g/mol. The average Bonchev–Trinajstić information content (AvgIpc) is 3.05. The summed E-state index contributed by atoms with van der Waals surface area (Å²) >= 11 is 5.91. The maximum absolute atomic E-state index is 12.2. The van der Waals surface area contributed by atoms with Crippen molar-refractivity contribution in [2.75, 3.05) is 6.54 Å². The van der Waals surface area contributed by atoms with E-state index < -0.39 is 10.0 Å². The molecule has 1 aromatic carbocycles. The molecule has 24 heavy (non-hydrogen) atoms. The van der Waals surface area contributed by atoms with Gasteiger partial charge in [0.2, 0.25) is 21.8 Å². The van der Waals surface area contributed by atoms with Gasteiger partial charge in [-0.2, -0.15) is 0 Å². The minimum atomic E-state index is -3.69. The van der Waals surface area contributed by atoms with Crippen LogP contribution in [0.2, 0.25) is 5.02 Å². The molecule has 3 aromatic rings. The van der Waals surface area contributed by atoms with Crippen LogP contribution >= 0.6 is 11.6 Å². The van der Waals surface area contributed by atoms with Crippen molar-refractivity contribution in [1.82, 2.24) is 19.9 Å². The van der Waals surface area contributed by atoms with Crippen molar-refractivity contribution in [2.24, 2.45) is 0 Å². The Morgan fingerprint density at radius 3 is 2.58 bits per heavy atom. The van der Waals surface area contributed by atoms with Gasteiger partial charge in [-0.05, 0) is 24.3 Å². The van der Waals surface area contributed by atoms with E-state index >= 15 is 0 Å². The van der Waals surface area contributed by atoms with E-state index in [0.29, 0.717) is 11.8 Å². The quantitative estimate of drug-likeness (QED) is 0.720. The number of aromatic nitrogens is 3. The second-order valence-corrected chi connectivity index (χ2v) is 6.96. The first-order valence-corrected chi connectivity index (χ1v) is 8.89. The molecule has 0 aliphatic rings. The number of nitrogens with one attached hydrogen (secondary N) is 1. The van der Waals surface area contributed by atoms with Crippen molar-refractivity contribution in [3.8, 4) is 11.5 Å². The van der Waals surface area contributed by atoms with Gasteiger partial charge in [0, 0.05) is 30.9 Å². The Hall–Kier alpha value is -2.29. The first-order valence-electron chi connectivity index (χ1n) is 7.03. The standard InChI is InChI=1S/C15H13ClN4O3S/c16-12-3-1-2-4-13(12)24(21,22)18-10-7-14-19-20-15(23-14)11-5-8-17-9-6-11/h1-6,8-9,18H,7,10H2. The van der Waals surface area contributed by atoms with Crippen molar-refractivity contribution in [1.29, 1.82) is 0 Å². The van der Waals surface area contributed by atoms with E-state index in [4.69, 9.17) is 16.0 Å². The van der Waals surface area contributed by atoms with Crippen LogP contribution in [0.25, 0.3) is 11.5 Å². The molecule has 124 valence electrons. The number of sulfonamides is 1. The van der Waals surface area contributed by atoms with E-state index in [-0.39, 0.29) is 22.9 Å². The highest BCUT2D eigenvalue weighted by molar-refractivity contribution is 7.89. The lowest BCUT2D eigenvalue weighted by molar-refractivity contribution is 0.502. The molecule has 0 radical (unpaired) electrons. The zero-order valence-corrected chi connectivity index (χ0v) is 14.0. The predicted octanol–water partition coefficient (Wildman–Crippen LogP) is 2.31. The van der Waals surface area contributed by atoms with Gasteiger partial charge >= 0.3 is 0 Å². The van der Waals surface area contributed by atoms with Crippen LogP contribution in [0, 0.1) is 0 Å². The third-order valence-corrected chi connectivity index (χ3v) is 5.11. The Balaban J connectivity index is 1.63. The van der Waals surface area contributed by atoms with Gasteiger partial charge in [0.05, 0.1) is 5.02 Å². The Kier molecular flexibility index (Phi) is 4.89. The lowest BCUT2D eigenvalue weighted by Crippen LogP contribution is -2.26. The fourth-order valence-electron chi connectivity index (χ4n) is 2.00. The summed E-state index contributed by atoms with van der Waals surface area (Å²) in [6.45, 7) is 0.117. The number of pyridine rings is 1. The molecule has 0 aliphatic carbocycles. The number of hydrogen-bond acceptors (Lipinski definition) is 6. The smallest absolute Gasteiger partial charge is 0.247 e. The molecular weight excluding hydrogens is 352 g/mol. The van der Waals surface area contributed by atoms with Crippen LogP contribution in [-0.2, 0) is 16.4 Å². The largest absolute Gasteiger partial charge is 0.421 e. The van der Waals surface area contributed by atoms with Crippen LogP contribution in [0.4, 0.5) is 0 Å². The van der Waals surface area contributed by atoms with Gasteiger partial charge in [-0.1, -0.05) is 23.7 Å². The molecule has 0 aliphatic heterocycles. The van der Waals surface area contributed by atoms with Crippen LogP contribution in [0.3, 0.4) is 0 Å². The number of halogens is 1. The minimum Gasteiger partial charge on any atom is -0.421 e. The molecule has 2 aromatic heterocycles. The van der Waals surface area contributed by atoms with Crippen LogP contribution in [0.1, 0.15) is 5.89 Å². The number of benzene rings is 1.